The molecule has 0 aliphatic heterocycles. The van der Waals surface area contributed by atoms with Crippen molar-refractivity contribution in [3.05, 3.63) is 120 Å². The summed E-state index contributed by atoms with van der Waals surface area (Å²) in [5.74, 6) is 0. The molecule has 0 fully saturated rings. The van der Waals surface area contributed by atoms with Crippen molar-refractivity contribution in [2.75, 3.05) is 0 Å². The average molecular weight is 459 g/mol. The molecule has 0 radical (unpaired) electrons. The summed E-state index contributed by atoms with van der Waals surface area (Å²) in [6.45, 7) is 4.40. The van der Waals surface area contributed by atoms with Gasteiger partial charge in [-0.25, -0.2) is 9.97 Å². The number of nitrogens with zero attached hydrogens (tertiary/aromatic N) is 2. The lowest BCUT2D eigenvalue weighted by Crippen LogP contribution is -2.17. The van der Waals surface area contributed by atoms with E-state index in [0.717, 1.165) is 22.5 Å². The molecule has 4 aromatic carbocycles. The number of hydrogen-bond donors (Lipinski definition) is 0. The molecule has 2 nitrogen and oxygen atoms in total. The normalized spacial score (nSPS) is 13.4. The highest BCUT2D eigenvalue weighted by Crippen LogP contribution is 2.50. The standard InChI is InChI=1S/C31H23ClN2/c1-31(2)26-11-7-6-10-25(26)27-28(33-30(32)34-29(27)31)24-18-16-23(17-19-24)22-14-12-21(13-15-22)20-8-4-3-5-9-20/h3-19H,1-2H3. The van der Waals surface area contributed by atoms with Crippen LogP contribution in [0.5, 0.6) is 0 Å². The molecular formula is C31H23ClN2. The van der Waals surface area contributed by atoms with E-state index < -0.39 is 0 Å². The van der Waals surface area contributed by atoms with Crippen LogP contribution in [0.15, 0.2) is 103 Å². The fraction of sp³-hybridized carbons (Fsp3) is 0.0968. The number of benzene rings is 4. The molecule has 0 saturated heterocycles. The summed E-state index contributed by atoms with van der Waals surface area (Å²) in [4.78, 5) is 9.34. The SMILES string of the molecule is CC1(C)c2ccccc2-c2c(-c3ccc(-c4ccc(-c5ccccc5)cc4)cc3)nc(Cl)nc21. The van der Waals surface area contributed by atoms with Crippen molar-refractivity contribution in [2.24, 2.45) is 0 Å². The maximum atomic E-state index is 6.42. The van der Waals surface area contributed by atoms with Gasteiger partial charge in [0.1, 0.15) is 0 Å². The molecule has 3 heteroatoms. The van der Waals surface area contributed by atoms with E-state index in [1.54, 1.807) is 0 Å². The van der Waals surface area contributed by atoms with E-state index in [4.69, 9.17) is 11.6 Å². The van der Waals surface area contributed by atoms with E-state index in [2.05, 4.69) is 121 Å². The second kappa shape index (κ2) is 7.93. The van der Waals surface area contributed by atoms with Gasteiger partial charge in [-0.1, -0.05) is 117 Å². The third kappa shape index (κ3) is 3.34. The molecule has 1 aliphatic carbocycles. The minimum Gasteiger partial charge on any atom is -0.221 e. The van der Waals surface area contributed by atoms with Gasteiger partial charge in [0.15, 0.2) is 0 Å². The summed E-state index contributed by atoms with van der Waals surface area (Å²) in [5, 5.41) is 0.287. The first-order valence-electron chi connectivity index (χ1n) is 11.5. The third-order valence-corrected chi connectivity index (χ3v) is 7.00. The molecule has 0 N–H and O–H groups in total. The van der Waals surface area contributed by atoms with E-state index in [0.29, 0.717) is 0 Å². The minimum absolute atomic E-state index is 0.215. The van der Waals surface area contributed by atoms with Crippen LogP contribution in [-0.4, -0.2) is 9.97 Å². The Balaban J connectivity index is 1.39. The molecule has 34 heavy (non-hydrogen) atoms. The molecule has 0 atom stereocenters. The Bertz CT molecular complexity index is 1500. The molecule has 1 heterocycles. The maximum absolute atomic E-state index is 6.42. The average Bonchev–Trinajstić information content (AvgIpc) is 3.11. The maximum Gasteiger partial charge on any atom is 0.223 e. The Labute approximate surface area is 204 Å². The quantitative estimate of drug-likeness (QED) is 0.253. The summed E-state index contributed by atoms with van der Waals surface area (Å²) < 4.78 is 0. The largest absolute Gasteiger partial charge is 0.223 e. The summed E-state index contributed by atoms with van der Waals surface area (Å²) in [7, 11) is 0. The number of rotatable bonds is 3. The van der Waals surface area contributed by atoms with Gasteiger partial charge in [0.2, 0.25) is 5.28 Å². The van der Waals surface area contributed by atoms with Gasteiger partial charge >= 0.3 is 0 Å². The topological polar surface area (TPSA) is 25.8 Å². The van der Waals surface area contributed by atoms with Crippen molar-refractivity contribution in [1.82, 2.24) is 9.97 Å². The van der Waals surface area contributed by atoms with Crippen molar-refractivity contribution >= 4 is 11.6 Å². The van der Waals surface area contributed by atoms with Crippen molar-refractivity contribution in [3.63, 3.8) is 0 Å². The first kappa shape index (κ1) is 20.8. The van der Waals surface area contributed by atoms with Gasteiger partial charge < -0.3 is 0 Å². The first-order chi connectivity index (χ1) is 16.5. The van der Waals surface area contributed by atoms with Crippen LogP contribution >= 0.6 is 11.6 Å². The molecule has 1 aliphatic rings. The predicted octanol–water partition coefficient (Wildman–Crippen LogP) is 8.44. The van der Waals surface area contributed by atoms with Crippen molar-refractivity contribution in [3.8, 4) is 44.6 Å². The highest BCUT2D eigenvalue weighted by Gasteiger charge is 2.39. The minimum atomic E-state index is -0.215. The van der Waals surface area contributed by atoms with Gasteiger partial charge in [-0.15, -0.1) is 0 Å². The molecule has 0 saturated carbocycles. The molecule has 5 aromatic rings. The molecule has 164 valence electrons. The van der Waals surface area contributed by atoms with Crippen LogP contribution in [-0.2, 0) is 5.41 Å². The van der Waals surface area contributed by atoms with E-state index in [1.807, 2.05) is 6.07 Å². The molecule has 1 aromatic heterocycles. The smallest absolute Gasteiger partial charge is 0.221 e. The monoisotopic (exact) mass is 458 g/mol. The van der Waals surface area contributed by atoms with Crippen molar-refractivity contribution in [2.45, 2.75) is 19.3 Å². The Morgan fingerprint density at radius 2 is 1.06 bits per heavy atom. The highest BCUT2D eigenvalue weighted by atomic mass is 35.5. The lowest BCUT2D eigenvalue weighted by molar-refractivity contribution is 0.635. The molecule has 6 rings (SSSR count). The van der Waals surface area contributed by atoms with E-state index in [-0.39, 0.29) is 10.7 Å². The summed E-state index contributed by atoms with van der Waals surface area (Å²) in [6, 6.07) is 36.2. The zero-order valence-electron chi connectivity index (χ0n) is 19.1. The predicted molar refractivity (Wildman–Crippen MR) is 141 cm³/mol. The van der Waals surface area contributed by atoms with Crippen molar-refractivity contribution in [1.29, 1.82) is 0 Å². The lowest BCUT2D eigenvalue weighted by atomic mass is 9.85. The van der Waals surface area contributed by atoms with Crippen LogP contribution < -0.4 is 0 Å². The molecule has 0 spiro atoms. The summed E-state index contributed by atoms with van der Waals surface area (Å²) >= 11 is 6.42. The molecule has 0 amide bonds. The molecule has 0 unspecified atom stereocenters. The highest BCUT2D eigenvalue weighted by molar-refractivity contribution is 6.28. The Morgan fingerprint density at radius 1 is 0.559 bits per heavy atom. The number of hydrogen-bond acceptors (Lipinski definition) is 2. The Morgan fingerprint density at radius 3 is 1.68 bits per heavy atom. The zero-order chi connectivity index (χ0) is 23.3. The van der Waals surface area contributed by atoms with Gasteiger partial charge in [0, 0.05) is 16.5 Å². The van der Waals surface area contributed by atoms with Crippen LogP contribution in [0, 0.1) is 0 Å². The van der Waals surface area contributed by atoms with Crippen LogP contribution in [0.2, 0.25) is 5.28 Å². The third-order valence-electron chi connectivity index (χ3n) is 6.83. The second-order valence-corrected chi connectivity index (χ2v) is 9.59. The summed E-state index contributed by atoms with van der Waals surface area (Å²) in [6.07, 6.45) is 0. The molecule has 0 bridgehead atoms. The second-order valence-electron chi connectivity index (χ2n) is 9.26. The van der Waals surface area contributed by atoms with Crippen LogP contribution in [0.1, 0.15) is 25.1 Å². The van der Waals surface area contributed by atoms with E-state index in [9.17, 15) is 0 Å². The van der Waals surface area contributed by atoms with Gasteiger partial charge in [0.25, 0.3) is 0 Å². The summed E-state index contributed by atoms with van der Waals surface area (Å²) in [5.41, 5.74) is 11.0. The Kier molecular flexibility index (Phi) is 4.86. The zero-order valence-corrected chi connectivity index (χ0v) is 19.8. The van der Waals surface area contributed by atoms with Crippen LogP contribution in [0.3, 0.4) is 0 Å². The van der Waals surface area contributed by atoms with Crippen LogP contribution in [0.4, 0.5) is 0 Å². The lowest BCUT2D eigenvalue weighted by Gasteiger charge is -2.20. The fourth-order valence-corrected chi connectivity index (χ4v) is 5.20. The van der Waals surface area contributed by atoms with E-state index >= 15 is 0 Å². The van der Waals surface area contributed by atoms with Gasteiger partial charge in [-0.05, 0) is 45.0 Å². The molecular weight excluding hydrogens is 436 g/mol. The van der Waals surface area contributed by atoms with E-state index in [1.165, 1.54) is 33.4 Å². The van der Waals surface area contributed by atoms with Crippen molar-refractivity contribution < 1.29 is 0 Å². The van der Waals surface area contributed by atoms with Crippen LogP contribution in [0.25, 0.3) is 44.6 Å². The fourth-order valence-electron chi connectivity index (χ4n) is 5.03. The van der Waals surface area contributed by atoms with Gasteiger partial charge in [0.05, 0.1) is 11.4 Å². The number of fused-ring (bicyclic) bond motifs is 3. The van der Waals surface area contributed by atoms with Gasteiger partial charge in [-0.2, -0.15) is 0 Å². The van der Waals surface area contributed by atoms with Gasteiger partial charge in [-0.3, -0.25) is 0 Å². The number of aromatic nitrogens is 2. The number of halogens is 1. The Hall–Kier alpha value is -3.75. The first-order valence-corrected chi connectivity index (χ1v) is 11.8.